The SMILES string of the molecule is O=C(CNS(=O)(=O)c1cccc(C(F)(F)F)c1)NCc1ccccc1-n1cccn1. The summed E-state index contributed by atoms with van der Waals surface area (Å²) in [4.78, 5) is 11.5. The fraction of sp³-hybridized carbons (Fsp3) is 0.158. The Morgan fingerprint density at radius 1 is 1.07 bits per heavy atom. The van der Waals surface area contributed by atoms with Gasteiger partial charge in [0.05, 0.1) is 22.7 Å². The van der Waals surface area contributed by atoms with E-state index >= 15 is 0 Å². The second-order valence-corrected chi connectivity index (χ2v) is 7.97. The number of hydrogen-bond donors (Lipinski definition) is 2. The summed E-state index contributed by atoms with van der Waals surface area (Å²) in [7, 11) is -4.29. The number of sulfonamides is 1. The van der Waals surface area contributed by atoms with Crippen molar-refractivity contribution in [2.75, 3.05) is 6.54 Å². The number of amides is 1. The molecule has 0 fully saturated rings. The third kappa shape index (κ3) is 5.24. The molecule has 3 aromatic rings. The zero-order valence-electron chi connectivity index (χ0n) is 15.4. The molecule has 2 N–H and O–H groups in total. The number of carbonyl (C=O) groups is 1. The molecule has 1 amide bonds. The summed E-state index contributed by atoms with van der Waals surface area (Å²) in [5, 5.41) is 6.71. The molecule has 0 aliphatic heterocycles. The van der Waals surface area contributed by atoms with Gasteiger partial charge in [-0.15, -0.1) is 0 Å². The summed E-state index contributed by atoms with van der Waals surface area (Å²) in [6.07, 6.45) is -1.33. The Kier molecular flexibility index (Phi) is 6.22. The Hall–Kier alpha value is -3.18. The minimum absolute atomic E-state index is 0.111. The second-order valence-electron chi connectivity index (χ2n) is 6.21. The molecule has 0 unspecified atom stereocenters. The number of para-hydroxylation sites is 1. The van der Waals surface area contributed by atoms with E-state index in [9.17, 15) is 26.4 Å². The molecule has 0 radical (unpaired) electrons. The van der Waals surface area contributed by atoms with Crippen LogP contribution in [-0.2, 0) is 27.5 Å². The maximum atomic E-state index is 12.8. The van der Waals surface area contributed by atoms with Crippen LogP contribution in [-0.4, -0.2) is 30.7 Å². The summed E-state index contributed by atoms with van der Waals surface area (Å²) in [5.74, 6) is -0.638. The van der Waals surface area contributed by atoms with Gasteiger partial charge in [0, 0.05) is 18.9 Å². The van der Waals surface area contributed by atoms with Crippen molar-refractivity contribution in [1.29, 1.82) is 0 Å². The van der Waals surface area contributed by atoms with Crippen LogP contribution < -0.4 is 10.0 Å². The predicted molar refractivity (Wildman–Crippen MR) is 102 cm³/mol. The van der Waals surface area contributed by atoms with E-state index in [0.29, 0.717) is 6.07 Å². The average molecular weight is 438 g/mol. The molecule has 0 bridgehead atoms. The first kappa shape index (κ1) is 21.5. The number of nitrogens with zero attached hydrogens (tertiary/aromatic N) is 2. The van der Waals surface area contributed by atoms with Gasteiger partial charge < -0.3 is 5.32 Å². The average Bonchev–Trinajstić information content (AvgIpc) is 3.25. The lowest BCUT2D eigenvalue weighted by Gasteiger charge is -2.12. The third-order valence-corrected chi connectivity index (χ3v) is 5.51. The first-order valence-corrected chi connectivity index (χ1v) is 10.2. The monoisotopic (exact) mass is 438 g/mol. The highest BCUT2D eigenvalue weighted by molar-refractivity contribution is 7.89. The molecule has 7 nitrogen and oxygen atoms in total. The van der Waals surface area contributed by atoms with Crippen LogP contribution in [0.1, 0.15) is 11.1 Å². The molecule has 2 aromatic carbocycles. The molecule has 0 spiro atoms. The first-order chi connectivity index (χ1) is 14.2. The standard InChI is InChI=1S/C19H17F3N4O3S/c20-19(21,22)15-6-3-7-16(11-15)30(28,29)25-13-18(27)23-12-14-5-1-2-8-17(14)26-10-4-9-24-26/h1-11,25H,12-13H2,(H,23,27). The van der Waals surface area contributed by atoms with E-state index in [0.717, 1.165) is 29.4 Å². The van der Waals surface area contributed by atoms with E-state index in [1.165, 1.54) is 0 Å². The van der Waals surface area contributed by atoms with Gasteiger partial charge in [0.2, 0.25) is 15.9 Å². The number of aromatic nitrogens is 2. The number of benzene rings is 2. The second kappa shape index (κ2) is 8.67. The number of carbonyl (C=O) groups excluding carboxylic acids is 1. The molecular formula is C19H17F3N4O3S. The van der Waals surface area contributed by atoms with Gasteiger partial charge in [-0.05, 0) is 35.9 Å². The van der Waals surface area contributed by atoms with Crippen LogP contribution in [0, 0.1) is 0 Å². The molecule has 158 valence electrons. The maximum Gasteiger partial charge on any atom is 0.416 e. The molecule has 1 aromatic heterocycles. The Morgan fingerprint density at radius 2 is 1.83 bits per heavy atom. The molecule has 0 saturated heterocycles. The Morgan fingerprint density at radius 3 is 2.53 bits per heavy atom. The number of nitrogens with one attached hydrogen (secondary N) is 2. The van der Waals surface area contributed by atoms with E-state index in [4.69, 9.17) is 0 Å². The van der Waals surface area contributed by atoms with Crippen LogP contribution in [0.25, 0.3) is 5.69 Å². The van der Waals surface area contributed by atoms with Gasteiger partial charge in [-0.1, -0.05) is 24.3 Å². The lowest BCUT2D eigenvalue weighted by atomic mass is 10.2. The Bertz CT molecular complexity index is 1130. The lowest BCUT2D eigenvalue weighted by molar-refractivity contribution is -0.137. The van der Waals surface area contributed by atoms with Crippen molar-refractivity contribution in [2.24, 2.45) is 0 Å². The highest BCUT2D eigenvalue weighted by Gasteiger charge is 2.31. The van der Waals surface area contributed by atoms with E-state index in [2.05, 4.69) is 10.4 Å². The maximum absolute atomic E-state index is 12.8. The van der Waals surface area contributed by atoms with E-state index in [-0.39, 0.29) is 6.54 Å². The first-order valence-electron chi connectivity index (χ1n) is 8.68. The van der Waals surface area contributed by atoms with Gasteiger partial charge in [-0.3, -0.25) is 4.79 Å². The smallest absolute Gasteiger partial charge is 0.351 e. The largest absolute Gasteiger partial charge is 0.416 e. The topological polar surface area (TPSA) is 93.1 Å². The van der Waals surface area contributed by atoms with Crippen molar-refractivity contribution < 1.29 is 26.4 Å². The summed E-state index contributed by atoms with van der Waals surface area (Å²) < 4.78 is 66.4. The molecule has 3 rings (SSSR count). The summed E-state index contributed by atoms with van der Waals surface area (Å²) in [6, 6.07) is 12.2. The molecule has 30 heavy (non-hydrogen) atoms. The van der Waals surface area contributed by atoms with Crippen LogP contribution in [0.2, 0.25) is 0 Å². The van der Waals surface area contributed by atoms with Gasteiger partial charge in [-0.2, -0.15) is 18.3 Å². The number of hydrogen-bond acceptors (Lipinski definition) is 4. The fourth-order valence-corrected chi connectivity index (χ4v) is 3.66. The summed E-state index contributed by atoms with van der Waals surface area (Å²) >= 11 is 0. The minimum atomic E-state index is -4.68. The van der Waals surface area contributed by atoms with Crippen LogP contribution in [0.4, 0.5) is 13.2 Å². The van der Waals surface area contributed by atoms with E-state index < -0.39 is 39.1 Å². The van der Waals surface area contributed by atoms with Crippen LogP contribution in [0.15, 0.2) is 71.9 Å². The Labute approximate surface area is 170 Å². The number of rotatable bonds is 7. The molecule has 11 heteroatoms. The van der Waals surface area contributed by atoms with Crippen LogP contribution >= 0.6 is 0 Å². The summed E-state index contributed by atoms with van der Waals surface area (Å²) in [6.45, 7) is -0.511. The van der Waals surface area contributed by atoms with Crippen LogP contribution in [0.3, 0.4) is 0 Å². The van der Waals surface area contributed by atoms with Crippen molar-refractivity contribution in [3.8, 4) is 5.69 Å². The molecule has 1 heterocycles. The van der Waals surface area contributed by atoms with Gasteiger partial charge in [0.15, 0.2) is 0 Å². The van der Waals surface area contributed by atoms with E-state index in [1.54, 1.807) is 35.3 Å². The van der Waals surface area contributed by atoms with Crippen molar-refractivity contribution in [1.82, 2.24) is 19.8 Å². The quantitative estimate of drug-likeness (QED) is 0.593. The fourth-order valence-electron chi connectivity index (χ4n) is 2.63. The summed E-state index contributed by atoms with van der Waals surface area (Å²) in [5.41, 5.74) is 0.396. The van der Waals surface area contributed by atoms with Gasteiger partial charge in [-0.25, -0.2) is 17.8 Å². The highest BCUT2D eigenvalue weighted by Crippen LogP contribution is 2.30. The van der Waals surface area contributed by atoms with E-state index in [1.807, 2.05) is 16.9 Å². The van der Waals surface area contributed by atoms with Crippen molar-refractivity contribution in [3.63, 3.8) is 0 Å². The lowest BCUT2D eigenvalue weighted by Crippen LogP contribution is -2.36. The highest BCUT2D eigenvalue weighted by atomic mass is 32.2. The van der Waals surface area contributed by atoms with Crippen molar-refractivity contribution in [2.45, 2.75) is 17.6 Å². The van der Waals surface area contributed by atoms with Crippen molar-refractivity contribution in [3.05, 3.63) is 78.1 Å². The van der Waals surface area contributed by atoms with Crippen molar-refractivity contribution >= 4 is 15.9 Å². The van der Waals surface area contributed by atoms with Gasteiger partial charge in [0.1, 0.15) is 0 Å². The number of halogens is 3. The van der Waals surface area contributed by atoms with Crippen LogP contribution in [0.5, 0.6) is 0 Å². The molecule has 0 saturated carbocycles. The Balaban J connectivity index is 1.62. The third-order valence-electron chi connectivity index (χ3n) is 4.11. The molecular weight excluding hydrogens is 421 g/mol. The van der Waals surface area contributed by atoms with Gasteiger partial charge in [0.25, 0.3) is 0 Å². The molecule has 0 aliphatic rings. The molecule has 0 atom stereocenters. The normalized spacial score (nSPS) is 12.0. The van der Waals surface area contributed by atoms with Gasteiger partial charge >= 0.3 is 6.18 Å². The predicted octanol–water partition coefficient (Wildman–Crippen LogP) is 2.49. The minimum Gasteiger partial charge on any atom is -0.351 e. The number of alkyl halides is 3. The zero-order valence-corrected chi connectivity index (χ0v) is 16.2. The zero-order chi connectivity index (χ0) is 21.8. The molecule has 0 aliphatic carbocycles.